The van der Waals surface area contributed by atoms with Gasteiger partial charge in [-0.25, -0.2) is 0 Å². The zero-order valence-electron chi connectivity index (χ0n) is 12.5. The molecule has 19 heavy (non-hydrogen) atoms. The van der Waals surface area contributed by atoms with Gasteiger partial charge >= 0.3 is 0 Å². The summed E-state index contributed by atoms with van der Waals surface area (Å²) in [5, 5.41) is 0. The molecule has 0 fully saturated rings. The molecule has 0 aliphatic rings. The molecule has 3 nitrogen and oxygen atoms in total. The van der Waals surface area contributed by atoms with Crippen molar-refractivity contribution in [2.45, 2.75) is 39.0 Å². The fraction of sp³-hybridized carbons (Fsp3) is 0.625. The lowest BCUT2D eigenvalue weighted by molar-refractivity contribution is -0.153. The molecule has 1 aromatic rings. The Hall–Kier alpha value is -0.900. The highest BCUT2D eigenvalue weighted by Gasteiger charge is 2.31. The van der Waals surface area contributed by atoms with Crippen molar-refractivity contribution in [3.8, 4) is 0 Å². The predicted molar refractivity (Wildman–Crippen MR) is 78.9 cm³/mol. The normalized spacial score (nSPS) is 16.3. The monoisotopic (exact) mass is 265 g/mol. The molecule has 2 N–H and O–H groups in total. The first-order valence-electron chi connectivity index (χ1n) is 6.99. The summed E-state index contributed by atoms with van der Waals surface area (Å²) in [5.74, 6) is 0.656. The predicted octanol–water partition coefficient (Wildman–Crippen LogP) is 2.84. The van der Waals surface area contributed by atoms with E-state index in [2.05, 4.69) is 26.0 Å². The minimum Gasteiger partial charge on any atom is -0.356 e. The molecule has 1 aromatic carbocycles. The van der Waals surface area contributed by atoms with E-state index in [0.29, 0.717) is 5.92 Å². The summed E-state index contributed by atoms with van der Waals surface area (Å²) in [4.78, 5) is 0. The molecule has 0 radical (unpaired) electrons. The van der Waals surface area contributed by atoms with Crippen molar-refractivity contribution < 1.29 is 9.47 Å². The summed E-state index contributed by atoms with van der Waals surface area (Å²) in [7, 11) is 3.36. The van der Waals surface area contributed by atoms with E-state index in [1.54, 1.807) is 14.2 Å². The first-order valence-corrected chi connectivity index (χ1v) is 6.99. The maximum atomic E-state index is 6.42. The van der Waals surface area contributed by atoms with Crippen LogP contribution in [0.5, 0.6) is 0 Å². The van der Waals surface area contributed by atoms with Crippen LogP contribution in [0.25, 0.3) is 0 Å². The molecule has 0 saturated heterocycles. The van der Waals surface area contributed by atoms with Gasteiger partial charge in [-0.15, -0.1) is 0 Å². The van der Waals surface area contributed by atoms with E-state index >= 15 is 0 Å². The van der Waals surface area contributed by atoms with Gasteiger partial charge in [0.2, 0.25) is 0 Å². The van der Waals surface area contributed by atoms with E-state index in [1.165, 1.54) is 5.56 Å². The lowest BCUT2D eigenvalue weighted by Gasteiger charge is -2.34. The summed E-state index contributed by atoms with van der Waals surface area (Å²) in [6, 6.07) is 10.4. The lowest BCUT2D eigenvalue weighted by Crippen LogP contribution is -2.44. The van der Waals surface area contributed by atoms with Crippen molar-refractivity contribution in [2.24, 2.45) is 17.6 Å². The van der Waals surface area contributed by atoms with Gasteiger partial charge in [-0.3, -0.25) is 0 Å². The van der Waals surface area contributed by atoms with Crippen molar-refractivity contribution in [1.29, 1.82) is 0 Å². The van der Waals surface area contributed by atoms with Gasteiger partial charge in [0.1, 0.15) is 0 Å². The minimum atomic E-state index is -0.242. The Balaban J connectivity index is 2.79. The van der Waals surface area contributed by atoms with Crippen LogP contribution in [0.1, 0.15) is 25.8 Å². The Morgan fingerprint density at radius 1 is 1.11 bits per heavy atom. The molecular weight excluding hydrogens is 238 g/mol. The van der Waals surface area contributed by atoms with Gasteiger partial charge in [0, 0.05) is 26.2 Å². The summed E-state index contributed by atoms with van der Waals surface area (Å²) < 4.78 is 10.9. The van der Waals surface area contributed by atoms with E-state index in [0.717, 1.165) is 12.8 Å². The molecule has 0 aliphatic carbocycles. The number of benzene rings is 1. The largest absolute Gasteiger partial charge is 0.356 e. The Morgan fingerprint density at radius 2 is 1.68 bits per heavy atom. The van der Waals surface area contributed by atoms with Crippen LogP contribution in [-0.2, 0) is 15.9 Å². The highest BCUT2D eigenvalue weighted by Crippen LogP contribution is 2.26. The van der Waals surface area contributed by atoms with Crippen molar-refractivity contribution in [2.75, 3.05) is 14.2 Å². The third-order valence-corrected chi connectivity index (χ3v) is 3.89. The van der Waals surface area contributed by atoms with Crippen LogP contribution in [0.4, 0.5) is 0 Å². The first kappa shape index (κ1) is 16.2. The fourth-order valence-corrected chi connectivity index (χ4v) is 2.60. The molecule has 0 saturated carbocycles. The van der Waals surface area contributed by atoms with Crippen molar-refractivity contribution in [3.63, 3.8) is 0 Å². The van der Waals surface area contributed by atoms with Crippen LogP contribution < -0.4 is 5.73 Å². The number of ether oxygens (including phenoxy) is 2. The Labute approximate surface area is 117 Å². The van der Waals surface area contributed by atoms with Gasteiger partial charge < -0.3 is 15.2 Å². The summed E-state index contributed by atoms with van der Waals surface area (Å²) in [6.07, 6.45) is 1.67. The van der Waals surface area contributed by atoms with Crippen molar-refractivity contribution in [3.05, 3.63) is 35.9 Å². The van der Waals surface area contributed by atoms with Crippen molar-refractivity contribution in [1.82, 2.24) is 0 Å². The van der Waals surface area contributed by atoms with Crippen LogP contribution in [0.15, 0.2) is 30.3 Å². The highest BCUT2D eigenvalue weighted by molar-refractivity contribution is 5.16. The quantitative estimate of drug-likeness (QED) is 0.735. The minimum absolute atomic E-state index is 0.0299. The number of rotatable bonds is 8. The number of nitrogens with two attached hydrogens (primary N) is 1. The Morgan fingerprint density at radius 3 is 2.16 bits per heavy atom. The van der Waals surface area contributed by atoms with Crippen molar-refractivity contribution >= 4 is 0 Å². The molecule has 108 valence electrons. The molecule has 1 unspecified atom stereocenters. The van der Waals surface area contributed by atoms with Gasteiger partial charge in [0.15, 0.2) is 6.29 Å². The second kappa shape index (κ2) is 8.31. The average molecular weight is 265 g/mol. The average Bonchev–Trinajstić information content (AvgIpc) is 2.44. The maximum Gasteiger partial charge on any atom is 0.161 e. The van der Waals surface area contributed by atoms with Crippen LogP contribution in [0.3, 0.4) is 0 Å². The van der Waals surface area contributed by atoms with Crippen LogP contribution in [0.2, 0.25) is 0 Å². The molecule has 0 aromatic heterocycles. The zero-order chi connectivity index (χ0) is 14.3. The van der Waals surface area contributed by atoms with Crippen LogP contribution in [0, 0.1) is 11.8 Å². The smallest absolute Gasteiger partial charge is 0.161 e. The maximum absolute atomic E-state index is 6.42. The fourth-order valence-electron chi connectivity index (χ4n) is 2.60. The first-order chi connectivity index (χ1) is 9.13. The second-order valence-corrected chi connectivity index (χ2v) is 5.16. The Kier molecular flexibility index (Phi) is 7.06. The molecule has 0 heterocycles. The van der Waals surface area contributed by atoms with E-state index < -0.39 is 0 Å². The lowest BCUT2D eigenvalue weighted by atomic mass is 9.82. The van der Waals surface area contributed by atoms with E-state index in [9.17, 15) is 0 Å². The zero-order valence-corrected chi connectivity index (χ0v) is 12.5. The molecule has 1 rings (SSSR count). The standard InChI is InChI=1S/C16H27NO2/c1-5-12(2)15(16(18-3)19-4)14(17)11-13-9-7-6-8-10-13/h6-10,12,14-16H,5,11,17H2,1-4H3/t12-,14?,15-/m0/s1. The van der Waals surface area contributed by atoms with E-state index in [1.807, 2.05) is 18.2 Å². The topological polar surface area (TPSA) is 44.5 Å². The van der Waals surface area contributed by atoms with E-state index in [4.69, 9.17) is 15.2 Å². The molecule has 3 atom stereocenters. The molecule has 0 aliphatic heterocycles. The van der Waals surface area contributed by atoms with Gasteiger partial charge in [0.05, 0.1) is 0 Å². The second-order valence-electron chi connectivity index (χ2n) is 5.16. The molecular formula is C16H27NO2. The van der Waals surface area contributed by atoms with Gasteiger partial charge in [-0.2, -0.15) is 0 Å². The molecule has 0 spiro atoms. The molecule has 0 bridgehead atoms. The van der Waals surface area contributed by atoms with Gasteiger partial charge in [-0.1, -0.05) is 50.6 Å². The summed E-state index contributed by atoms with van der Waals surface area (Å²) in [6.45, 7) is 4.38. The highest BCUT2D eigenvalue weighted by atomic mass is 16.7. The summed E-state index contributed by atoms with van der Waals surface area (Å²) >= 11 is 0. The Bertz CT molecular complexity index is 338. The summed E-state index contributed by atoms with van der Waals surface area (Å²) in [5.41, 5.74) is 7.68. The van der Waals surface area contributed by atoms with Crippen LogP contribution in [-0.4, -0.2) is 26.6 Å². The molecule has 0 amide bonds. The van der Waals surface area contributed by atoms with Crippen LogP contribution >= 0.6 is 0 Å². The third-order valence-electron chi connectivity index (χ3n) is 3.89. The number of hydrogen-bond acceptors (Lipinski definition) is 3. The number of hydrogen-bond donors (Lipinski definition) is 1. The SMILES string of the molecule is CC[C@H](C)[C@@H](C(N)Cc1ccccc1)C(OC)OC. The van der Waals surface area contributed by atoms with E-state index in [-0.39, 0.29) is 18.2 Å². The number of methoxy groups -OCH3 is 2. The molecule has 3 heteroatoms. The van der Waals surface area contributed by atoms with Gasteiger partial charge in [0.25, 0.3) is 0 Å². The van der Waals surface area contributed by atoms with Gasteiger partial charge in [-0.05, 0) is 17.9 Å². The third kappa shape index (κ3) is 4.60.